The number of amides is 1. The Bertz CT molecular complexity index is 785. The van der Waals surface area contributed by atoms with Gasteiger partial charge in [0.05, 0.1) is 7.11 Å². The van der Waals surface area contributed by atoms with Crippen LogP contribution in [0.4, 0.5) is 4.79 Å². The molecule has 1 aromatic carbocycles. The summed E-state index contributed by atoms with van der Waals surface area (Å²) in [7, 11) is 1.37. The van der Waals surface area contributed by atoms with E-state index in [4.69, 9.17) is 4.74 Å². The van der Waals surface area contributed by atoms with Gasteiger partial charge in [-0.1, -0.05) is 23.8 Å². The highest BCUT2D eigenvalue weighted by Crippen LogP contribution is 2.37. The van der Waals surface area contributed by atoms with E-state index in [1.807, 2.05) is 39.0 Å². The highest BCUT2D eigenvalue weighted by Gasteiger charge is 2.40. The van der Waals surface area contributed by atoms with Crippen molar-refractivity contribution in [1.82, 2.24) is 4.90 Å². The number of aryl methyl sites for hydroxylation is 3. The van der Waals surface area contributed by atoms with Gasteiger partial charge < -0.3 is 9.64 Å². The second-order valence-electron chi connectivity index (χ2n) is 7.41. The summed E-state index contributed by atoms with van der Waals surface area (Å²) in [4.78, 5) is 38.9. The zero-order chi connectivity index (χ0) is 19.0. The van der Waals surface area contributed by atoms with Crippen LogP contribution in [0.3, 0.4) is 0 Å². The van der Waals surface area contributed by atoms with Gasteiger partial charge in [-0.05, 0) is 55.4 Å². The zero-order valence-corrected chi connectivity index (χ0v) is 15.8. The molecule has 2 atom stereocenters. The fourth-order valence-corrected chi connectivity index (χ4v) is 4.29. The number of benzene rings is 1. The van der Waals surface area contributed by atoms with E-state index >= 15 is 0 Å². The van der Waals surface area contributed by atoms with Gasteiger partial charge in [0, 0.05) is 19.5 Å². The van der Waals surface area contributed by atoms with Crippen LogP contribution in [-0.2, 0) is 14.3 Å². The number of ether oxygens (including phenoxy) is 1. The van der Waals surface area contributed by atoms with Gasteiger partial charge in [0.25, 0.3) is 0 Å². The summed E-state index contributed by atoms with van der Waals surface area (Å²) in [5.41, 5.74) is 4.57. The van der Waals surface area contributed by atoms with Crippen molar-refractivity contribution < 1.29 is 19.1 Å². The number of carbonyl (C=O) groups excluding carboxylic acids is 3. The Morgan fingerprint density at radius 2 is 1.85 bits per heavy atom. The number of nitrogens with zero attached hydrogens (tertiary/aromatic N) is 1. The number of hydrogen-bond acceptors (Lipinski definition) is 4. The molecule has 0 N–H and O–H groups in total. The van der Waals surface area contributed by atoms with E-state index in [9.17, 15) is 14.4 Å². The van der Waals surface area contributed by atoms with Gasteiger partial charge in [0.15, 0.2) is 11.6 Å². The maximum Gasteiger partial charge on any atom is 0.409 e. The summed E-state index contributed by atoms with van der Waals surface area (Å²) in [5.74, 6) is -0.694. The summed E-state index contributed by atoms with van der Waals surface area (Å²) >= 11 is 0. The SMILES string of the molecule is COC(=O)N1CCC(/C=C2\CC(=O)C(c3c(C)cc(C)cc3C)C2=O)C1. The normalized spacial score (nSPS) is 24.6. The quantitative estimate of drug-likeness (QED) is 0.603. The number of rotatable bonds is 2. The largest absolute Gasteiger partial charge is 0.453 e. The molecular formula is C21H25NO4. The molecule has 0 aromatic heterocycles. The number of likely N-dealkylation sites (tertiary alicyclic amines) is 1. The van der Waals surface area contributed by atoms with Crippen molar-refractivity contribution in [1.29, 1.82) is 0 Å². The van der Waals surface area contributed by atoms with Crippen LogP contribution in [0.5, 0.6) is 0 Å². The molecule has 1 aromatic rings. The van der Waals surface area contributed by atoms with E-state index in [1.165, 1.54) is 7.11 Å². The van der Waals surface area contributed by atoms with Gasteiger partial charge >= 0.3 is 6.09 Å². The lowest BCUT2D eigenvalue weighted by atomic mass is 9.87. The molecule has 1 heterocycles. The van der Waals surface area contributed by atoms with E-state index in [0.717, 1.165) is 28.7 Å². The molecule has 2 fully saturated rings. The van der Waals surface area contributed by atoms with Crippen LogP contribution in [0, 0.1) is 26.7 Å². The van der Waals surface area contributed by atoms with Crippen molar-refractivity contribution >= 4 is 17.7 Å². The molecule has 3 rings (SSSR count). The lowest BCUT2D eigenvalue weighted by molar-refractivity contribution is -0.123. The third-order valence-corrected chi connectivity index (χ3v) is 5.39. The molecule has 1 amide bonds. The van der Waals surface area contributed by atoms with E-state index in [2.05, 4.69) is 0 Å². The smallest absolute Gasteiger partial charge is 0.409 e. The monoisotopic (exact) mass is 355 g/mol. The Morgan fingerprint density at radius 1 is 1.19 bits per heavy atom. The Kier molecular flexibility index (Phi) is 4.99. The van der Waals surface area contributed by atoms with Crippen molar-refractivity contribution in [2.75, 3.05) is 20.2 Å². The average molecular weight is 355 g/mol. The topological polar surface area (TPSA) is 63.7 Å². The summed E-state index contributed by atoms with van der Waals surface area (Å²) in [6.45, 7) is 7.08. The van der Waals surface area contributed by atoms with Crippen molar-refractivity contribution in [2.24, 2.45) is 5.92 Å². The molecule has 26 heavy (non-hydrogen) atoms. The van der Waals surface area contributed by atoms with Crippen LogP contribution in [0.15, 0.2) is 23.8 Å². The number of methoxy groups -OCH3 is 1. The van der Waals surface area contributed by atoms with Crippen molar-refractivity contribution in [2.45, 2.75) is 39.5 Å². The molecule has 5 nitrogen and oxygen atoms in total. The van der Waals surface area contributed by atoms with Crippen molar-refractivity contribution in [3.8, 4) is 0 Å². The molecule has 138 valence electrons. The maximum atomic E-state index is 13.0. The van der Waals surface area contributed by atoms with Crippen molar-refractivity contribution in [3.63, 3.8) is 0 Å². The average Bonchev–Trinajstić information content (AvgIpc) is 3.13. The minimum Gasteiger partial charge on any atom is -0.453 e. The summed E-state index contributed by atoms with van der Waals surface area (Å²) in [6.07, 6.45) is 2.53. The van der Waals surface area contributed by atoms with Crippen LogP contribution < -0.4 is 0 Å². The van der Waals surface area contributed by atoms with Gasteiger partial charge in [-0.15, -0.1) is 0 Å². The summed E-state index contributed by atoms with van der Waals surface area (Å²) < 4.78 is 4.75. The van der Waals surface area contributed by atoms with Crippen LogP contribution in [-0.4, -0.2) is 42.8 Å². The fourth-order valence-electron chi connectivity index (χ4n) is 4.29. The second-order valence-corrected chi connectivity index (χ2v) is 7.41. The van der Waals surface area contributed by atoms with Crippen LogP contribution in [0.25, 0.3) is 0 Å². The molecule has 0 bridgehead atoms. The first-order valence-electron chi connectivity index (χ1n) is 9.00. The molecule has 5 heteroatoms. The Morgan fingerprint density at radius 3 is 2.46 bits per heavy atom. The predicted octanol–water partition coefficient (Wildman–Crippen LogP) is 3.25. The first kappa shape index (κ1) is 18.4. The third kappa shape index (κ3) is 3.30. The number of hydrogen-bond donors (Lipinski definition) is 0. The molecule has 0 radical (unpaired) electrons. The highest BCUT2D eigenvalue weighted by atomic mass is 16.5. The summed E-state index contributed by atoms with van der Waals surface area (Å²) in [6, 6.07) is 4.05. The Hall–Kier alpha value is -2.43. The fraction of sp³-hybridized carbons (Fsp3) is 0.476. The molecule has 2 aliphatic rings. The van der Waals surface area contributed by atoms with Gasteiger partial charge in [0.1, 0.15) is 5.92 Å². The van der Waals surface area contributed by atoms with Crippen LogP contribution in [0.2, 0.25) is 0 Å². The van der Waals surface area contributed by atoms with Gasteiger partial charge in [-0.3, -0.25) is 9.59 Å². The van der Waals surface area contributed by atoms with E-state index < -0.39 is 5.92 Å². The highest BCUT2D eigenvalue weighted by molar-refractivity contribution is 6.23. The molecule has 2 unspecified atom stereocenters. The van der Waals surface area contributed by atoms with Gasteiger partial charge in [-0.2, -0.15) is 0 Å². The van der Waals surface area contributed by atoms with E-state index in [0.29, 0.717) is 18.7 Å². The number of allylic oxidation sites excluding steroid dienone is 1. The van der Waals surface area contributed by atoms with E-state index in [1.54, 1.807) is 4.90 Å². The first-order chi connectivity index (χ1) is 12.3. The minimum absolute atomic E-state index is 0.0286. The van der Waals surface area contributed by atoms with Gasteiger partial charge in [0.2, 0.25) is 0 Å². The van der Waals surface area contributed by atoms with Crippen LogP contribution >= 0.6 is 0 Å². The predicted molar refractivity (Wildman–Crippen MR) is 98.2 cm³/mol. The lowest BCUT2D eigenvalue weighted by Gasteiger charge is -2.15. The molecule has 0 spiro atoms. The van der Waals surface area contributed by atoms with Crippen LogP contribution in [0.1, 0.15) is 41.0 Å². The molecular weight excluding hydrogens is 330 g/mol. The number of carbonyl (C=O) groups is 3. The number of ketones is 2. The molecule has 1 aliphatic heterocycles. The third-order valence-electron chi connectivity index (χ3n) is 5.39. The van der Waals surface area contributed by atoms with E-state index in [-0.39, 0.29) is 30.0 Å². The molecule has 1 saturated carbocycles. The van der Waals surface area contributed by atoms with Crippen molar-refractivity contribution in [3.05, 3.63) is 46.0 Å². The summed E-state index contributed by atoms with van der Waals surface area (Å²) in [5, 5.41) is 0. The molecule has 1 saturated heterocycles. The minimum atomic E-state index is -0.681. The Labute approximate surface area is 154 Å². The first-order valence-corrected chi connectivity index (χ1v) is 9.00. The Balaban J connectivity index is 1.83. The second kappa shape index (κ2) is 7.06. The number of Topliss-reactive ketones (excluding diaryl/α,β-unsaturated/α-hetero) is 2. The zero-order valence-electron chi connectivity index (χ0n) is 15.8. The maximum absolute atomic E-state index is 13.0. The molecule has 1 aliphatic carbocycles. The van der Waals surface area contributed by atoms with Gasteiger partial charge in [-0.25, -0.2) is 4.79 Å². The standard InChI is InChI=1S/C21H25NO4/c1-12-7-13(2)18(14(3)8-12)19-17(23)10-16(20(19)24)9-15-5-6-22(11-15)21(25)26-4/h7-9,15,19H,5-6,10-11H2,1-4H3/b16-9+. The lowest BCUT2D eigenvalue weighted by Crippen LogP contribution is -2.28.